The first-order valence-electron chi connectivity index (χ1n) is 6.47. The molecular weight excluding hydrogens is 350 g/mol. The van der Waals surface area contributed by atoms with Crippen LogP contribution in [0.5, 0.6) is 0 Å². The summed E-state index contributed by atoms with van der Waals surface area (Å²) in [5.74, 6) is 0.321. The van der Waals surface area contributed by atoms with E-state index in [1.165, 1.54) is 12.1 Å². The first-order chi connectivity index (χ1) is 10.6. The van der Waals surface area contributed by atoms with Gasteiger partial charge in [-0.15, -0.1) is 0 Å². The van der Waals surface area contributed by atoms with Gasteiger partial charge in [0.15, 0.2) is 5.43 Å². The zero-order valence-corrected chi connectivity index (χ0v) is 12.9. The van der Waals surface area contributed by atoms with Crippen molar-refractivity contribution in [1.29, 1.82) is 0 Å². The lowest BCUT2D eigenvalue weighted by atomic mass is 10.0. The molecule has 0 unspecified atom stereocenters. The van der Waals surface area contributed by atoms with Gasteiger partial charge in [-0.05, 0) is 12.1 Å². The lowest BCUT2D eigenvalue weighted by Gasteiger charge is -2.08. The van der Waals surface area contributed by atoms with Gasteiger partial charge in [-0.25, -0.2) is 0 Å². The van der Waals surface area contributed by atoms with Crippen LogP contribution in [-0.2, 0) is 5.33 Å². The fraction of sp³-hybridized carbons (Fsp3) is 0.0625. The molecule has 3 aromatic rings. The molecule has 110 valence electrons. The van der Waals surface area contributed by atoms with E-state index < -0.39 is 4.92 Å². The highest BCUT2D eigenvalue weighted by Crippen LogP contribution is 2.32. The van der Waals surface area contributed by atoms with Gasteiger partial charge < -0.3 is 4.42 Å². The van der Waals surface area contributed by atoms with Crippen molar-refractivity contribution in [1.82, 2.24) is 0 Å². The van der Waals surface area contributed by atoms with Crippen LogP contribution in [0.3, 0.4) is 0 Å². The minimum Gasteiger partial charge on any atom is -0.456 e. The molecule has 0 amide bonds. The van der Waals surface area contributed by atoms with E-state index in [0.717, 1.165) is 0 Å². The molecule has 0 spiro atoms. The molecule has 0 aliphatic carbocycles. The van der Waals surface area contributed by atoms with E-state index in [4.69, 9.17) is 4.42 Å². The summed E-state index contributed by atoms with van der Waals surface area (Å²) in [6, 6.07) is 13.0. The number of alkyl halides is 1. The Labute approximate surface area is 133 Å². The normalized spacial score (nSPS) is 10.8. The molecule has 0 radical (unpaired) electrons. The van der Waals surface area contributed by atoms with Gasteiger partial charge in [-0.1, -0.05) is 40.2 Å². The van der Waals surface area contributed by atoms with Gasteiger partial charge in [-0.3, -0.25) is 14.9 Å². The van der Waals surface area contributed by atoms with E-state index in [0.29, 0.717) is 27.9 Å². The van der Waals surface area contributed by atoms with E-state index in [9.17, 15) is 14.9 Å². The molecule has 0 aliphatic heterocycles. The van der Waals surface area contributed by atoms with Crippen LogP contribution in [0.2, 0.25) is 0 Å². The summed E-state index contributed by atoms with van der Waals surface area (Å²) in [5.41, 5.74) is 1.28. The molecule has 0 atom stereocenters. The van der Waals surface area contributed by atoms with Gasteiger partial charge in [0.2, 0.25) is 0 Å². The first-order valence-corrected chi connectivity index (χ1v) is 7.59. The maximum absolute atomic E-state index is 12.2. The fourth-order valence-electron chi connectivity index (χ4n) is 2.35. The predicted molar refractivity (Wildman–Crippen MR) is 87.2 cm³/mol. The Hall–Kier alpha value is -2.47. The van der Waals surface area contributed by atoms with Crippen LogP contribution in [0.4, 0.5) is 5.69 Å². The van der Waals surface area contributed by atoms with Crippen LogP contribution in [0.15, 0.2) is 57.7 Å². The Morgan fingerprint density at radius 1 is 1.14 bits per heavy atom. The van der Waals surface area contributed by atoms with Gasteiger partial charge in [0.25, 0.3) is 5.69 Å². The van der Waals surface area contributed by atoms with Crippen molar-refractivity contribution in [2.75, 3.05) is 0 Å². The number of halogens is 1. The standard InChI is InChI=1S/C16H10BrNO4/c17-9-12-10(5-3-6-13(12)18(20)21)16-8-14(19)11-4-1-2-7-15(11)22-16/h1-8H,9H2. The third-order valence-corrected chi connectivity index (χ3v) is 3.94. The second-order valence-corrected chi connectivity index (χ2v) is 5.23. The number of nitro groups is 1. The Bertz CT molecular complexity index is 933. The molecule has 0 fully saturated rings. The number of rotatable bonds is 3. The third kappa shape index (κ3) is 2.42. The largest absolute Gasteiger partial charge is 0.456 e. The summed E-state index contributed by atoms with van der Waals surface area (Å²) < 4.78 is 5.76. The summed E-state index contributed by atoms with van der Waals surface area (Å²) in [7, 11) is 0. The molecule has 0 bridgehead atoms. The van der Waals surface area contributed by atoms with Gasteiger partial charge in [0.1, 0.15) is 11.3 Å². The summed E-state index contributed by atoms with van der Waals surface area (Å²) in [4.78, 5) is 22.9. The van der Waals surface area contributed by atoms with Crippen LogP contribution in [0.25, 0.3) is 22.3 Å². The number of nitro benzene ring substituents is 1. The molecule has 22 heavy (non-hydrogen) atoms. The van der Waals surface area contributed by atoms with E-state index in [2.05, 4.69) is 15.9 Å². The average molecular weight is 360 g/mol. The second-order valence-electron chi connectivity index (χ2n) is 4.67. The summed E-state index contributed by atoms with van der Waals surface area (Å²) in [6.45, 7) is 0. The zero-order chi connectivity index (χ0) is 15.7. The zero-order valence-electron chi connectivity index (χ0n) is 11.3. The second kappa shape index (κ2) is 5.73. The van der Waals surface area contributed by atoms with Gasteiger partial charge >= 0.3 is 0 Å². The molecule has 0 saturated heterocycles. The number of benzene rings is 2. The molecule has 5 nitrogen and oxygen atoms in total. The van der Waals surface area contributed by atoms with Crippen LogP contribution in [0, 0.1) is 10.1 Å². The lowest BCUT2D eigenvalue weighted by molar-refractivity contribution is -0.385. The minimum atomic E-state index is -0.445. The Kier molecular flexibility index (Phi) is 3.77. The highest BCUT2D eigenvalue weighted by molar-refractivity contribution is 9.08. The van der Waals surface area contributed by atoms with Crippen molar-refractivity contribution in [2.24, 2.45) is 0 Å². The van der Waals surface area contributed by atoms with Crippen LogP contribution in [-0.4, -0.2) is 4.92 Å². The fourth-order valence-corrected chi connectivity index (χ4v) is 2.94. The van der Waals surface area contributed by atoms with Gasteiger partial charge in [-0.2, -0.15) is 0 Å². The van der Waals surface area contributed by atoms with Crippen molar-refractivity contribution in [3.63, 3.8) is 0 Å². The summed E-state index contributed by atoms with van der Waals surface area (Å²) in [6.07, 6.45) is 0. The highest BCUT2D eigenvalue weighted by atomic mass is 79.9. The van der Waals surface area contributed by atoms with E-state index in [1.807, 2.05) is 0 Å². The van der Waals surface area contributed by atoms with Crippen LogP contribution < -0.4 is 5.43 Å². The molecule has 2 aromatic carbocycles. The Morgan fingerprint density at radius 2 is 1.91 bits per heavy atom. The number of fused-ring (bicyclic) bond motifs is 1. The van der Waals surface area contributed by atoms with Crippen LogP contribution >= 0.6 is 15.9 Å². The molecule has 6 heteroatoms. The maximum atomic E-state index is 12.2. The summed E-state index contributed by atoms with van der Waals surface area (Å²) in [5, 5.41) is 11.9. The first kappa shape index (κ1) is 14.5. The van der Waals surface area contributed by atoms with E-state index in [1.54, 1.807) is 36.4 Å². The number of para-hydroxylation sites is 1. The average Bonchev–Trinajstić information content (AvgIpc) is 2.54. The third-order valence-electron chi connectivity index (χ3n) is 3.38. The minimum absolute atomic E-state index is 0.00909. The molecule has 1 heterocycles. The molecule has 0 N–H and O–H groups in total. The highest BCUT2D eigenvalue weighted by Gasteiger charge is 2.19. The van der Waals surface area contributed by atoms with Crippen molar-refractivity contribution < 1.29 is 9.34 Å². The van der Waals surface area contributed by atoms with Crippen molar-refractivity contribution in [2.45, 2.75) is 5.33 Å². The van der Waals surface area contributed by atoms with Gasteiger partial charge in [0, 0.05) is 23.0 Å². The van der Waals surface area contributed by atoms with E-state index in [-0.39, 0.29) is 16.4 Å². The van der Waals surface area contributed by atoms with Crippen LogP contribution in [0.1, 0.15) is 5.56 Å². The molecular formula is C16H10BrNO4. The van der Waals surface area contributed by atoms with Gasteiger partial charge in [0.05, 0.1) is 15.9 Å². The number of nitrogens with zero attached hydrogens (tertiary/aromatic N) is 1. The summed E-state index contributed by atoms with van der Waals surface area (Å²) >= 11 is 3.27. The maximum Gasteiger partial charge on any atom is 0.274 e. The SMILES string of the molecule is O=c1cc(-c2cccc([N+](=O)[O-])c2CBr)oc2ccccc12. The van der Waals surface area contributed by atoms with E-state index >= 15 is 0 Å². The quantitative estimate of drug-likeness (QED) is 0.397. The van der Waals surface area contributed by atoms with Crippen molar-refractivity contribution in [3.05, 3.63) is 74.4 Å². The Morgan fingerprint density at radius 3 is 2.64 bits per heavy atom. The topological polar surface area (TPSA) is 73.3 Å². The lowest BCUT2D eigenvalue weighted by Crippen LogP contribution is -2.02. The monoisotopic (exact) mass is 359 g/mol. The van der Waals surface area contributed by atoms with Crippen molar-refractivity contribution in [3.8, 4) is 11.3 Å². The van der Waals surface area contributed by atoms with Crippen molar-refractivity contribution >= 4 is 32.6 Å². The number of hydrogen-bond donors (Lipinski definition) is 0. The molecule has 0 saturated carbocycles. The molecule has 1 aromatic heterocycles. The molecule has 3 rings (SSSR count). The number of hydrogen-bond acceptors (Lipinski definition) is 4. The smallest absolute Gasteiger partial charge is 0.274 e. The predicted octanol–water partition coefficient (Wildman–Crippen LogP) is 4.26. The molecule has 0 aliphatic rings. The Balaban J connectivity index is 2.30.